The van der Waals surface area contributed by atoms with E-state index in [2.05, 4.69) is 44.4 Å². The number of aryl methyl sites for hydroxylation is 1. The number of nitrogens with one attached hydrogen (secondary N) is 1. The van der Waals surface area contributed by atoms with E-state index < -0.39 is 0 Å². The van der Waals surface area contributed by atoms with Crippen molar-refractivity contribution in [2.45, 2.75) is 13.3 Å². The molecule has 0 spiro atoms. The van der Waals surface area contributed by atoms with Crippen molar-refractivity contribution in [3.8, 4) is 0 Å². The molecule has 0 atom stereocenters. The molecule has 1 N–H and O–H groups in total. The van der Waals surface area contributed by atoms with Gasteiger partial charge in [0.05, 0.1) is 12.0 Å². The summed E-state index contributed by atoms with van der Waals surface area (Å²) in [5.74, 6) is 0.400. The SMILES string of the molecule is CCc1ccc(Br)cc1C=NN=C1NC(=O)CS1. The molecule has 1 aromatic carbocycles. The molecule has 2 rings (SSSR count). The van der Waals surface area contributed by atoms with E-state index in [1.165, 1.54) is 17.3 Å². The van der Waals surface area contributed by atoms with Crippen molar-refractivity contribution in [3.63, 3.8) is 0 Å². The maximum absolute atomic E-state index is 11.0. The van der Waals surface area contributed by atoms with Gasteiger partial charge in [-0.15, -0.1) is 5.10 Å². The summed E-state index contributed by atoms with van der Waals surface area (Å²) in [6.07, 6.45) is 2.65. The molecule has 1 fully saturated rings. The van der Waals surface area contributed by atoms with Crippen molar-refractivity contribution < 1.29 is 4.79 Å². The Kier molecular flexibility index (Phi) is 4.54. The number of carbonyl (C=O) groups excluding carboxylic acids is 1. The third-order valence-electron chi connectivity index (χ3n) is 2.42. The Morgan fingerprint density at radius 3 is 3.06 bits per heavy atom. The number of hydrogen-bond acceptors (Lipinski definition) is 4. The zero-order valence-corrected chi connectivity index (χ0v) is 12.2. The number of nitrogens with zero attached hydrogens (tertiary/aromatic N) is 2. The van der Waals surface area contributed by atoms with Gasteiger partial charge in [-0.3, -0.25) is 4.79 Å². The summed E-state index contributed by atoms with van der Waals surface area (Å²) in [7, 11) is 0. The third-order valence-corrected chi connectivity index (χ3v) is 3.78. The van der Waals surface area contributed by atoms with Crippen LogP contribution in [0, 0.1) is 0 Å². The van der Waals surface area contributed by atoms with Crippen LogP contribution in [0.15, 0.2) is 32.9 Å². The molecule has 4 nitrogen and oxygen atoms in total. The fraction of sp³-hybridized carbons (Fsp3) is 0.250. The van der Waals surface area contributed by atoms with Crippen LogP contribution in [-0.2, 0) is 11.2 Å². The minimum absolute atomic E-state index is 0.0225. The number of thioether (sulfide) groups is 1. The normalized spacial score (nSPS) is 17.7. The summed E-state index contributed by atoms with van der Waals surface area (Å²) in [6, 6.07) is 6.07. The fourth-order valence-electron chi connectivity index (χ4n) is 1.53. The Morgan fingerprint density at radius 1 is 1.56 bits per heavy atom. The first-order chi connectivity index (χ1) is 8.69. The van der Waals surface area contributed by atoms with Crippen LogP contribution in [0.25, 0.3) is 0 Å². The van der Waals surface area contributed by atoms with E-state index in [0.29, 0.717) is 10.9 Å². The second-order valence-electron chi connectivity index (χ2n) is 3.68. The average molecular weight is 326 g/mol. The highest BCUT2D eigenvalue weighted by Gasteiger charge is 2.15. The van der Waals surface area contributed by atoms with E-state index in [-0.39, 0.29) is 5.91 Å². The Hall–Kier alpha value is -1.14. The van der Waals surface area contributed by atoms with Gasteiger partial charge in [0, 0.05) is 4.47 Å². The van der Waals surface area contributed by atoms with Gasteiger partial charge in [-0.2, -0.15) is 5.10 Å². The average Bonchev–Trinajstić information content (AvgIpc) is 2.75. The molecule has 1 amide bonds. The van der Waals surface area contributed by atoms with E-state index in [4.69, 9.17) is 0 Å². The van der Waals surface area contributed by atoms with Crippen LogP contribution in [0.2, 0.25) is 0 Å². The largest absolute Gasteiger partial charge is 0.303 e. The summed E-state index contributed by atoms with van der Waals surface area (Å²) in [5, 5.41) is 11.2. The lowest BCUT2D eigenvalue weighted by atomic mass is 10.1. The predicted molar refractivity (Wildman–Crippen MR) is 79.1 cm³/mol. The van der Waals surface area contributed by atoms with E-state index in [9.17, 15) is 4.79 Å². The van der Waals surface area contributed by atoms with Gasteiger partial charge in [-0.25, -0.2) is 0 Å². The van der Waals surface area contributed by atoms with Crippen LogP contribution in [-0.4, -0.2) is 23.0 Å². The number of amidine groups is 1. The summed E-state index contributed by atoms with van der Waals surface area (Å²) in [5.41, 5.74) is 2.25. The highest BCUT2D eigenvalue weighted by Crippen LogP contribution is 2.16. The molecule has 6 heteroatoms. The number of halogens is 1. The van der Waals surface area contributed by atoms with E-state index in [1.807, 2.05) is 12.1 Å². The molecule has 1 heterocycles. The molecule has 1 aliphatic heterocycles. The molecule has 0 unspecified atom stereocenters. The Morgan fingerprint density at radius 2 is 2.39 bits per heavy atom. The monoisotopic (exact) mass is 325 g/mol. The lowest BCUT2D eigenvalue weighted by Gasteiger charge is -2.02. The van der Waals surface area contributed by atoms with Crippen LogP contribution in [0.4, 0.5) is 0 Å². The highest BCUT2D eigenvalue weighted by molar-refractivity contribution is 9.10. The molecule has 1 saturated heterocycles. The molecule has 0 saturated carbocycles. The summed E-state index contributed by atoms with van der Waals surface area (Å²) >= 11 is 4.80. The fourth-order valence-corrected chi connectivity index (χ4v) is 2.54. The highest BCUT2D eigenvalue weighted by atomic mass is 79.9. The van der Waals surface area contributed by atoms with Crippen molar-refractivity contribution in [2.24, 2.45) is 10.2 Å². The maximum Gasteiger partial charge on any atom is 0.236 e. The standard InChI is InChI=1S/C12H12BrN3OS/c1-2-8-3-4-10(13)5-9(8)6-14-16-12-15-11(17)7-18-12/h3-6H,2,7H2,1H3,(H,15,16,17). The van der Waals surface area contributed by atoms with Crippen LogP contribution >= 0.6 is 27.7 Å². The summed E-state index contributed by atoms with van der Waals surface area (Å²) < 4.78 is 1.01. The van der Waals surface area contributed by atoms with Gasteiger partial charge in [-0.1, -0.05) is 40.7 Å². The number of benzene rings is 1. The van der Waals surface area contributed by atoms with Gasteiger partial charge >= 0.3 is 0 Å². The number of hydrogen-bond donors (Lipinski definition) is 1. The lowest BCUT2D eigenvalue weighted by molar-refractivity contribution is -0.116. The Balaban J connectivity index is 2.13. The van der Waals surface area contributed by atoms with Gasteiger partial charge in [-0.05, 0) is 29.7 Å². The smallest absolute Gasteiger partial charge is 0.236 e. The molecule has 1 aromatic rings. The molecule has 0 aliphatic carbocycles. The third kappa shape index (κ3) is 3.43. The molecular formula is C12H12BrN3OS. The zero-order valence-electron chi connectivity index (χ0n) is 9.81. The Bertz CT molecular complexity index is 528. The van der Waals surface area contributed by atoms with E-state index in [0.717, 1.165) is 16.5 Å². The van der Waals surface area contributed by atoms with Crippen LogP contribution in [0.5, 0.6) is 0 Å². The van der Waals surface area contributed by atoms with Crippen molar-refractivity contribution in [3.05, 3.63) is 33.8 Å². The minimum Gasteiger partial charge on any atom is -0.303 e. The number of carbonyl (C=O) groups is 1. The second-order valence-corrected chi connectivity index (χ2v) is 5.56. The van der Waals surface area contributed by atoms with Crippen LogP contribution in [0.3, 0.4) is 0 Å². The van der Waals surface area contributed by atoms with Gasteiger partial charge < -0.3 is 5.32 Å². The molecule has 94 valence electrons. The molecule has 18 heavy (non-hydrogen) atoms. The van der Waals surface area contributed by atoms with Crippen LogP contribution < -0.4 is 5.32 Å². The predicted octanol–water partition coefficient (Wildman–Crippen LogP) is 2.56. The quantitative estimate of drug-likeness (QED) is 0.686. The topological polar surface area (TPSA) is 53.8 Å². The van der Waals surface area contributed by atoms with Crippen molar-refractivity contribution in [1.29, 1.82) is 0 Å². The van der Waals surface area contributed by atoms with Crippen molar-refractivity contribution in [1.82, 2.24) is 5.32 Å². The van der Waals surface area contributed by atoms with Gasteiger partial charge in [0.25, 0.3) is 0 Å². The Labute approximate surface area is 118 Å². The van der Waals surface area contributed by atoms with E-state index in [1.54, 1.807) is 6.21 Å². The van der Waals surface area contributed by atoms with Gasteiger partial charge in [0.1, 0.15) is 0 Å². The molecular weight excluding hydrogens is 314 g/mol. The van der Waals surface area contributed by atoms with Crippen molar-refractivity contribution in [2.75, 3.05) is 5.75 Å². The molecule has 0 radical (unpaired) electrons. The molecule has 0 aromatic heterocycles. The van der Waals surface area contributed by atoms with Gasteiger partial charge in [0.15, 0.2) is 5.17 Å². The summed E-state index contributed by atoms with van der Waals surface area (Å²) in [4.78, 5) is 11.0. The zero-order chi connectivity index (χ0) is 13.0. The second kappa shape index (κ2) is 6.15. The van der Waals surface area contributed by atoms with Gasteiger partial charge in [0.2, 0.25) is 5.91 Å². The van der Waals surface area contributed by atoms with E-state index >= 15 is 0 Å². The first-order valence-electron chi connectivity index (χ1n) is 5.51. The number of amides is 1. The van der Waals surface area contributed by atoms with Crippen molar-refractivity contribution >= 4 is 45.0 Å². The maximum atomic E-state index is 11.0. The molecule has 1 aliphatic rings. The lowest BCUT2D eigenvalue weighted by Crippen LogP contribution is -2.19. The number of rotatable bonds is 3. The first kappa shape index (κ1) is 13.3. The minimum atomic E-state index is -0.0225. The molecule has 0 bridgehead atoms. The summed E-state index contributed by atoms with van der Waals surface area (Å²) in [6.45, 7) is 2.10. The van der Waals surface area contributed by atoms with Crippen LogP contribution in [0.1, 0.15) is 18.1 Å². The first-order valence-corrected chi connectivity index (χ1v) is 7.29.